The van der Waals surface area contributed by atoms with E-state index in [0.29, 0.717) is 5.02 Å². The molecule has 1 heterocycles. The average Bonchev–Trinajstić information content (AvgIpc) is 2.65. The van der Waals surface area contributed by atoms with Gasteiger partial charge >= 0.3 is 0 Å². The van der Waals surface area contributed by atoms with Crippen LogP contribution in [0.4, 0.5) is 11.4 Å². The van der Waals surface area contributed by atoms with Gasteiger partial charge < -0.3 is 10.6 Å². The lowest BCUT2D eigenvalue weighted by Gasteiger charge is -2.14. The maximum absolute atomic E-state index is 12.1. The topological polar surface area (TPSA) is 41.1 Å². The lowest BCUT2D eigenvalue weighted by atomic mass is 10.1. The number of amides is 1. The number of benzene rings is 2. The van der Waals surface area contributed by atoms with Gasteiger partial charge in [-0.1, -0.05) is 17.7 Å². The van der Waals surface area contributed by atoms with Gasteiger partial charge in [-0.15, -0.1) is 0 Å². The van der Waals surface area contributed by atoms with Crippen LogP contribution in [0, 0.1) is 13.8 Å². The van der Waals surface area contributed by atoms with Gasteiger partial charge in [-0.2, -0.15) is 0 Å². The molecule has 1 atom stereocenters. The summed E-state index contributed by atoms with van der Waals surface area (Å²) >= 11 is 6.02. The molecule has 0 fully saturated rings. The van der Waals surface area contributed by atoms with Crippen LogP contribution in [0.5, 0.6) is 0 Å². The molecule has 2 aromatic rings. The summed E-state index contributed by atoms with van der Waals surface area (Å²) in [6.45, 7) is 4.08. The number of hydrogen-bond acceptors (Lipinski definition) is 2. The first kappa shape index (κ1) is 13.0. The molecule has 0 spiro atoms. The molecule has 20 heavy (non-hydrogen) atoms. The van der Waals surface area contributed by atoms with Crippen LogP contribution in [0.1, 0.15) is 22.7 Å². The highest BCUT2D eigenvalue weighted by molar-refractivity contribution is 6.31. The first-order valence-corrected chi connectivity index (χ1v) is 6.86. The van der Waals surface area contributed by atoms with Gasteiger partial charge in [0.1, 0.15) is 6.04 Å². The zero-order valence-electron chi connectivity index (χ0n) is 11.3. The van der Waals surface area contributed by atoms with Crippen molar-refractivity contribution in [3.05, 3.63) is 58.1 Å². The first-order chi connectivity index (χ1) is 9.52. The Morgan fingerprint density at radius 2 is 1.80 bits per heavy atom. The van der Waals surface area contributed by atoms with Crippen molar-refractivity contribution in [2.24, 2.45) is 0 Å². The largest absolute Gasteiger partial charge is 0.370 e. The molecule has 4 heteroatoms. The van der Waals surface area contributed by atoms with Crippen molar-refractivity contribution in [3.63, 3.8) is 0 Å². The van der Waals surface area contributed by atoms with Gasteiger partial charge in [-0.25, -0.2) is 0 Å². The van der Waals surface area contributed by atoms with Crippen LogP contribution in [-0.4, -0.2) is 5.91 Å². The molecule has 1 aliphatic rings. The van der Waals surface area contributed by atoms with Crippen LogP contribution in [0.3, 0.4) is 0 Å². The summed E-state index contributed by atoms with van der Waals surface area (Å²) in [4.78, 5) is 12.1. The van der Waals surface area contributed by atoms with E-state index in [2.05, 4.69) is 16.7 Å². The van der Waals surface area contributed by atoms with Crippen molar-refractivity contribution >= 4 is 28.9 Å². The number of halogens is 1. The second kappa shape index (κ2) is 4.84. The van der Waals surface area contributed by atoms with E-state index in [4.69, 9.17) is 11.6 Å². The lowest BCUT2D eigenvalue weighted by molar-refractivity contribution is -0.116. The molecular weight excluding hydrogens is 272 g/mol. The number of nitrogens with one attached hydrogen (secondary N) is 2. The molecule has 0 aliphatic carbocycles. The highest BCUT2D eigenvalue weighted by Crippen LogP contribution is 2.35. The molecule has 2 aromatic carbocycles. The summed E-state index contributed by atoms with van der Waals surface area (Å²) in [5.41, 5.74) is 4.98. The number of aryl methyl sites for hydroxylation is 2. The predicted octanol–water partition coefficient (Wildman–Crippen LogP) is 4.06. The summed E-state index contributed by atoms with van der Waals surface area (Å²) in [6, 6.07) is 11.2. The molecule has 3 nitrogen and oxygen atoms in total. The second-order valence-corrected chi connectivity index (χ2v) is 5.61. The summed E-state index contributed by atoms with van der Waals surface area (Å²) in [5, 5.41) is 6.78. The fourth-order valence-electron chi connectivity index (χ4n) is 2.60. The smallest absolute Gasteiger partial charge is 0.251 e. The van der Waals surface area contributed by atoms with Gasteiger partial charge in [0.05, 0.1) is 0 Å². The molecule has 0 saturated carbocycles. The average molecular weight is 287 g/mol. The van der Waals surface area contributed by atoms with E-state index in [1.54, 1.807) is 6.07 Å². The molecule has 102 valence electrons. The van der Waals surface area contributed by atoms with Crippen LogP contribution in [-0.2, 0) is 4.79 Å². The van der Waals surface area contributed by atoms with Gasteiger partial charge in [0.25, 0.3) is 5.91 Å². The van der Waals surface area contributed by atoms with Crippen LogP contribution in [0.15, 0.2) is 36.4 Å². The Balaban J connectivity index is 1.95. The molecular formula is C16H15ClN2O. The quantitative estimate of drug-likeness (QED) is 0.874. The zero-order chi connectivity index (χ0) is 14.3. The Kier molecular flexibility index (Phi) is 3.14. The maximum atomic E-state index is 12.1. The van der Waals surface area contributed by atoms with E-state index in [1.807, 2.05) is 38.1 Å². The van der Waals surface area contributed by atoms with Crippen molar-refractivity contribution in [2.45, 2.75) is 19.9 Å². The van der Waals surface area contributed by atoms with E-state index in [1.165, 1.54) is 0 Å². The van der Waals surface area contributed by atoms with Crippen molar-refractivity contribution in [3.8, 4) is 0 Å². The fraction of sp³-hybridized carbons (Fsp3) is 0.188. The number of carbonyl (C=O) groups is 1. The number of carbonyl (C=O) groups excluding carboxylic acids is 1. The van der Waals surface area contributed by atoms with Crippen LogP contribution >= 0.6 is 11.6 Å². The van der Waals surface area contributed by atoms with E-state index >= 15 is 0 Å². The second-order valence-electron chi connectivity index (χ2n) is 5.17. The predicted molar refractivity (Wildman–Crippen MR) is 82.4 cm³/mol. The number of anilines is 2. The lowest BCUT2D eigenvalue weighted by Crippen LogP contribution is -2.19. The number of rotatable bonds is 2. The molecule has 0 saturated heterocycles. The van der Waals surface area contributed by atoms with Crippen LogP contribution in [0.2, 0.25) is 5.02 Å². The minimum atomic E-state index is -0.398. The maximum Gasteiger partial charge on any atom is 0.251 e. The van der Waals surface area contributed by atoms with E-state index in [0.717, 1.165) is 28.1 Å². The summed E-state index contributed by atoms with van der Waals surface area (Å²) < 4.78 is 0. The van der Waals surface area contributed by atoms with Gasteiger partial charge in [0, 0.05) is 22.0 Å². The van der Waals surface area contributed by atoms with Crippen molar-refractivity contribution in [2.75, 3.05) is 10.6 Å². The van der Waals surface area contributed by atoms with Gasteiger partial charge in [0.15, 0.2) is 0 Å². The van der Waals surface area contributed by atoms with Gasteiger partial charge in [-0.3, -0.25) is 4.79 Å². The van der Waals surface area contributed by atoms with Crippen LogP contribution < -0.4 is 10.6 Å². The third-order valence-electron chi connectivity index (χ3n) is 3.38. The Labute approximate surface area is 123 Å². The minimum absolute atomic E-state index is 0.0542. The Morgan fingerprint density at radius 1 is 1.10 bits per heavy atom. The summed E-state index contributed by atoms with van der Waals surface area (Å²) in [6.07, 6.45) is 0. The minimum Gasteiger partial charge on any atom is -0.370 e. The molecule has 0 radical (unpaired) electrons. The normalized spacial score (nSPS) is 16.8. The fourth-order valence-corrected chi connectivity index (χ4v) is 2.78. The third-order valence-corrected chi connectivity index (χ3v) is 3.61. The highest BCUT2D eigenvalue weighted by atomic mass is 35.5. The van der Waals surface area contributed by atoms with E-state index < -0.39 is 6.04 Å². The first-order valence-electron chi connectivity index (χ1n) is 6.48. The Bertz CT molecular complexity index is 677. The summed E-state index contributed by atoms with van der Waals surface area (Å²) in [5.74, 6) is -0.0542. The van der Waals surface area contributed by atoms with Crippen molar-refractivity contribution < 1.29 is 4.79 Å². The standard InChI is InChI=1S/C16H15ClN2O/c1-9-5-10(2)7-12(6-9)18-15-13-8-11(17)3-4-14(13)19-16(15)20/h3-8,15,18H,1-2H3,(H,19,20). The SMILES string of the molecule is Cc1cc(C)cc(NC2C(=O)Nc3ccc(Cl)cc32)c1. The van der Waals surface area contributed by atoms with Crippen molar-refractivity contribution in [1.29, 1.82) is 0 Å². The highest BCUT2D eigenvalue weighted by Gasteiger charge is 2.30. The van der Waals surface area contributed by atoms with Crippen molar-refractivity contribution in [1.82, 2.24) is 0 Å². The van der Waals surface area contributed by atoms with Gasteiger partial charge in [-0.05, 0) is 55.3 Å². The third kappa shape index (κ3) is 2.37. The Morgan fingerprint density at radius 3 is 2.50 bits per heavy atom. The molecule has 1 aliphatic heterocycles. The molecule has 0 bridgehead atoms. The molecule has 1 unspecified atom stereocenters. The monoisotopic (exact) mass is 286 g/mol. The molecule has 2 N–H and O–H groups in total. The Hall–Kier alpha value is -2.00. The number of fused-ring (bicyclic) bond motifs is 1. The molecule has 3 rings (SSSR count). The van der Waals surface area contributed by atoms with E-state index in [9.17, 15) is 4.79 Å². The number of hydrogen-bond donors (Lipinski definition) is 2. The zero-order valence-corrected chi connectivity index (χ0v) is 12.1. The molecule has 0 aromatic heterocycles. The summed E-state index contributed by atoms with van der Waals surface area (Å²) in [7, 11) is 0. The van der Waals surface area contributed by atoms with Gasteiger partial charge in [0.2, 0.25) is 0 Å². The van der Waals surface area contributed by atoms with Crippen LogP contribution in [0.25, 0.3) is 0 Å². The van der Waals surface area contributed by atoms with E-state index in [-0.39, 0.29) is 5.91 Å². The molecule has 1 amide bonds.